The Labute approximate surface area is 129 Å². The van der Waals surface area contributed by atoms with Crippen LogP contribution in [-0.2, 0) is 4.74 Å². The molecule has 6 nitrogen and oxygen atoms in total. The Balaban J connectivity index is 1.95. The number of carbonyl (C=O) groups is 1. The van der Waals surface area contributed by atoms with Crippen LogP contribution in [0.15, 0.2) is 12.1 Å². The zero-order valence-corrected chi connectivity index (χ0v) is 12.8. The molecule has 0 spiro atoms. The lowest BCUT2D eigenvalue weighted by molar-refractivity contribution is 0.0519. The van der Waals surface area contributed by atoms with Crippen molar-refractivity contribution in [1.82, 2.24) is 14.6 Å². The Kier molecular flexibility index (Phi) is 4.27. The van der Waals surface area contributed by atoms with Crippen molar-refractivity contribution < 1.29 is 14.6 Å². The molecule has 0 unspecified atom stereocenters. The van der Waals surface area contributed by atoms with E-state index in [2.05, 4.69) is 10.1 Å². The van der Waals surface area contributed by atoms with Gasteiger partial charge in [-0.2, -0.15) is 9.61 Å². The second kappa shape index (κ2) is 6.34. The van der Waals surface area contributed by atoms with Crippen LogP contribution >= 0.6 is 0 Å². The van der Waals surface area contributed by atoms with E-state index in [4.69, 9.17) is 4.74 Å². The van der Waals surface area contributed by atoms with Crippen LogP contribution in [0.1, 0.15) is 67.5 Å². The van der Waals surface area contributed by atoms with Crippen LogP contribution < -0.4 is 0 Å². The molecular formula is C16H21N3O3. The largest absolute Gasteiger partial charge is 0.493 e. The summed E-state index contributed by atoms with van der Waals surface area (Å²) in [5, 5.41) is 14.3. The van der Waals surface area contributed by atoms with Crippen molar-refractivity contribution in [3.05, 3.63) is 23.5 Å². The van der Waals surface area contributed by atoms with Gasteiger partial charge >= 0.3 is 5.97 Å². The highest BCUT2D eigenvalue weighted by molar-refractivity contribution is 5.88. The molecule has 0 aliphatic heterocycles. The van der Waals surface area contributed by atoms with Crippen molar-refractivity contribution in [2.45, 2.75) is 51.4 Å². The van der Waals surface area contributed by atoms with Gasteiger partial charge in [0.2, 0.25) is 5.88 Å². The van der Waals surface area contributed by atoms with Gasteiger partial charge in [0.15, 0.2) is 11.3 Å². The standard InChI is InChI=1S/C16H21N3O3/c1-2-22-16(21)13-9-14-17-12(10-15(20)19(14)18-13)11-7-5-3-4-6-8-11/h9-11,20H,2-8H2,1H3. The number of aromatic hydroxyl groups is 1. The summed E-state index contributed by atoms with van der Waals surface area (Å²) in [5.41, 5.74) is 1.55. The number of rotatable bonds is 3. The van der Waals surface area contributed by atoms with Gasteiger partial charge < -0.3 is 9.84 Å². The van der Waals surface area contributed by atoms with E-state index in [9.17, 15) is 9.90 Å². The molecule has 3 rings (SSSR count). The monoisotopic (exact) mass is 303 g/mol. The maximum absolute atomic E-state index is 11.8. The van der Waals surface area contributed by atoms with Crippen LogP contribution in [-0.4, -0.2) is 32.3 Å². The first kappa shape index (κ1) is 14.8. The Morgan fingerprint density at radius 3 is 2.73 bits per heavy atom. The van der Waals surface area contributed by atoms with Crippen molar-refractivity contribution in [2.75, 3.05) is 6.61 Å². The number of fused-ring (bicyclic) bond motifs is 1. The third-order valence-electron chi connectivity index (χ3n) is 4.19. The maximum atomic E-state index is 11.8. The maximum Gasteiger partial charge on any atom is 0.358 e. The van der Waals surface area contributed by atoms with Crippen molar-refractivity contribution in [1.29, 1.82) is 0 Å². The second-order valence-electron chi connectivity index (χ2n) is 5.75. The number of nitrogens with zero attached hydrogens (tertiary/aromatic N) is 3. The molecule has 0 atom stereocenters. The SMILES string of the molecule is CCOC(=O)c1cc2nc(C3CCCCCC3)cc(O)n2n1. The number of hydrogen-bond acceptors (Lipinski definition) is 5. The van der Waals surface area contributed by atoms with E-state index in [0.717, 1.165) is 18.5 Å². The van der Waals surface area contributed by atoms with Crippen LogP contribution in [0.4, 0.5) is 0 Å². The third kappa shape index (κ3) is 2.91. The number of hydrogen-bond donors (Lipinski definition) is 1. The van der Waals surface area contributed by atoms with Crippen molar-refractivity contribution in [3.63, 3.8) is 0 Å². The minimum Gasteiger partial charge on any atom is -0.493 e. The lowest BCUT2D eigenvalue weighted by Gasteiger charge is -2.13. The number of esters is 1. The molecule has 1 saturated carbocycles. The van der Waals surface area contributed by atoms with E-state index in [1.54, 1.807) is 19.1 Å². The number of ether oxygens (including phenoxy) is 1. The molecule has 22 heavy (non-hydrogen) atoms. The Morgan fingerprint density at radius 2 is 2.05 bits per heavy atom. The molecule has 0 amide bonds. The summed E-state index contributed by atoms with van der Waals surface area (Å²) in [6, 6.07) is 3.24. The minimum atomic E-state index is -0.497. The molecule has 2 heterocycles. The van der Waals surface area contributed by atoms with E-state index < -0.39 is 5.97 Å². The van der Waals surface area contributed by atoms with E-state index >= 15 is 0 Å². The topological polar surface area (TPSA) is 76.7 Å². The van der Waals surface area contributed by atoms with Crippen LogP contribution in [0.5, 0.6) is 5.88 Å². The van der Waals surface area contributed by atoms with Gasteiger partial charge in [0.1, 0.15) is 0 Å². The third-order valence-corrected chi connectivity index (χ3v) is 4.19. The van der Waals surface area contributed by atoms with Gasteiger partial charge in [-0.15, -0.1) is 0 Å². The second-order valence-corrected chi connectivity index (χ2v) is 5.75. The van der Waals surface area contributed by atoms with Gasteiger partial charge in [0.25, 0.3) is 0 Å². The molecule has 1 aliphatic rings. The van der Waals surface area contributed by atoms with Crippen molar-refractivity contribution in [3.8, 4) is 5.88 Å². The summed E-state index contributed by atoms with van der Waals surface area (Å²) < 4.78 is 6.22. The highest BCUT2D eigenvalue weighted by Crippen LogP contribution is 2.32. The first-order chi connectivity index (χ1) is 10.7. The Hall–Kier alpha value is -2.11. The van der Waals surface area contributed by atoms with Crippen LogP contribution in [0.3, 0.4) is 0 Å². The predicted molar refractivity (Wildman–Crippen MR) is 81.1 cm³/mol. The lowest BCUT2D eigenvalue weighted by atomic mass is 9.96. The van der Waals surface area contributed by atoms with Gasteiger partial charge in [-0.3, -0.25) is 0 Å². The average molecular weight is 303 g/mol. The summed E-state index contributed by atoms with van der Waals surface area (Å²) in [4.78, 5) is 16.3. The summed E-state index contributed by atoms with van der Waals surface area (Å²) >= 11 is 0. The van der Waals surface area contributed by atoms with Crippen molar-refractivity contribution >= 4 is 11.6 Å². The zero-order valence-electron chi connectivity index (χ0n) is 12.8. The number of aromatic nitrogens is 3. The van der Waals surface area contributed by atoms with E-state index in [1.807, 2.05) is 0 Å². The molecule has 6 heteroatoms. The Bertz CT molecular complexity index is 673. The molecule has 1 fully saturated rings. The molecule has 2 aromatic heterocycles. The predicted octanol–water partition coefficient (Wildman–Crippen LogP) is 3.05. The summed E-state index contributed by atoms with van der Waals surface area (Å²) in [5.74, 6) is -0.109. The fourth-order valence-corrected chi connectivity index (χ4v) is 3.07. The molecule has 1 aliphatic carbocycles. The van der Waals surface area contributed by atoms with Crippen LogP contribution in [0, 0.1) is 0 Å². The summed E-state index contributed by atoms with van der Waals surface area (Å²) in [7, 11) is 0. The molecular weight excluding hydrogens is 282 g/mol. The molecule has 0 aromatic carbocycles. The smallest absolute Gasteiger partial charge is 0.358 e. The lowest BCUT2D eigenvalue weighted by Crippen LogP contribution is -2.05. The van der Waals surface area contributed by atoms with E-state index in [0.29, 0.717) is 18.2 Å². The van der Waals surface area contributed by atoms with Crippen molar-refractivity contribution in [2.24, 2.45) is 0 Å². The van der Waals surface area contributed by atoms with Gasteiger partial charge in [-0.25, -0.2) is 9.78 Å². The molecule has 0 radical (unpaired) electrons. The fourth-order valence-electron chi connectivity index (χ4n) is 3.07. The molecule has 118 valence electrons. The van der Waals surface area contributed by atoms with Crippen LogP contribution in [0.25, 0.3) is 5.65 Å². The molecule has 0 bridgehead atoms. The highest BCUT2D eigenvalue weighted by Gasteiger charge is 2.20. The van der Waals surface area contributed by atoms with E-state index in [-0.39, 0.29) is 11.6 Å². The van der Waals surface area contributed by atoms with Crippen LogP contribution in [0.2, 0.25) is 0 Å². The minimum absolute atomic E-state index is 0.0137. The first-order valence-electron chi connectivity index (χ1n) is 7.96. The summed E-state index contributed by atoms with van der Waals surface area (Å²) in [6.07, 6.45) is 7.13. The van der Waals surface area contributed by atoms with E-state index in [1.165, 1.54) is 30.2 Å². The quantitative estimate of drug-likeness (QED) is 0.696. The van der Waals surface area contributed by atoms with Gasteiger partial charge in [0.05, 0.1) is 12.3 Å². The molecule has 1 N–H and O–H groups in total. The number of carbonyl (C=O) groups excluding carboxylic acids is 1. The fraction of sp³-hybridized carbons (Fsp3) is 0.562. The zero-order chi connectivity index (χ0) is 15.5. The van der Waals surface area contributed by atoms with Gasteiger partial charge in [-0.1, -0.05) is 25.7 Å². The van der Waals surface area contributed by atoms with Gasteiger partial charge in [0, 0.05) is 18.1 Å². The normalized spacial score (nSPS) is 16.6. The average Bonchev–Trinajstić information content (AvgIpc) is 2.76. The highest BCUT2D eigenvalue weighted by atomic mass is 16.5. The molecule has 0 saturated heterocycles. The Morgan fingerprint density at radius 1 is 1.32 bits per heavy atom. The van der Waals surface area contributed by atoms with Gasteiger partial charge in [-0.05, 0) is 19.8 Å². The summed E-state index contributed by atoms with van der Waals surface area (Å²) in [6.45, 7) is 2.03. The molecule has 2 aromatic rings. The first-order valence-corrected chi connectivity index (χ1v) is 7.96.